The van der Waals surface area contributed by atoms with Crippen molar-refractivity contribution in [2.45, 2.75) is 0 Å². The van der Waals surface area contributed by atoms with Crippen molar-refractivity contribution in [3.05, 3.63) is 81.2 Å². The highest BCUT2D eigenvalue weighted by Gasteiger charge is 2.17. The second-order valence-electron chi connectivity index (χ2n) is 5.80. The van der Waals surface area contributed by atoms with Gasteiger partial charge in [-0.2, -0.15) is 5.26 Å². The van der Waals surface area contributed by atoms with Crippen molar-refractivity contribution in [2.24, 2.45) is 0 Å². The first-order valence-corrected chi connectivity index (χ1v) is 9.25. The summed E-state index contributed by atoms with van der Waals surface area (Å²) in [5.74, 6) is -0.0921. The van der Waals surface area contributed by atoms with E-state index in [0.29, 0.717) is 26.8 Å². The van der Waals surface area contributed by atoms with Crippen LogP contribution in [0.5, 0.6) is 5.75 Å². The van der Waals surface area contributed by atoms with E-state index in [-0.39, 0.29) is 11.3 Å². The fraction of sp³-hybridized carbons (Fsp3) is 0.0476. The number of carbonyl (C=O) groups is 1. The molecule has 1 amide bonds. The Hall–Kier alpha value is -3.96. The highest BCUT2D eigenvalue weighted by atomic mass is 32.1. The standard InChI is InChI=1S/C21H15N3O4S/c1-28-19-9-5-3-7-17(19)23-21(25)14(13-22)12-15-10-11-20(29-15)16-6-2-4-8-18(16)24(26)27/h2-12H,1H3,(H,23,25)/b14-12+. The molecule has 1 heterocycles. The second-order valence-corrected chi connectivity index (χ2v) is 6.92. The van der Waals surface area contributed by atoms with Crippen LogP contribution in [0.2, 0.25) is 0 Å². The van der Waals surface area contributed by atoms with Crippen molar-refractivity contribution >= 4 is 34.7 Å². The predicted octanol–water partition coefficient (Wildman–Crippen LogP) is 4.88. The Balaban J connectivity index is 1.87. The maximum atomic E-state index is 12.5. The maximum Gasteiger partial charge on any atom is 0.278 e. The summed E-state index contributed by atoms with van der Waals surface area (Å²) < 4.78 is 5.19. The average Bonchev–Trinajstić information content (AvgIpc) is 3.20. The van der Waals surface area contributed by atoms with Crippen molar-refractivity contribution in [1.29, 1.82) is 5.26 Å². The van der Waals surface area contributed by atoms with E-state index in [2.05, 4.69) is 5.32 Å². The number of nitrogens with one attached hydrogen (secondary N) is 1. The number of nitro benzene ring substituents is 1. The number of methoxy groups -OCH3 is 1. The van der Waals surface area contributed by atoms with E-state index < -0.39 is 10.8 Å². The van der Waals surface area contributed by atoms with Gasteiger partial charge in [-0.25, -0.2) is 0 Å². The Bertz CT molecular complexity index is 1140. The number of carbonyl (C=O) groups excluding carboxylic acids is 1. The monoisotopic (exact) mass is 405 g/mol. The summed E-state index contributed by atoms with van der Waals surface area (Å²) in [4.78, 5) is 24.6. The Morgan fingerprint density at radius 1 is 1.17 bits per heavy atom. The zero-order valence-corrected chi connectivity index (χ0v) is 16.1. The fourth-order valence-corrected chi connectivity index (χ4v) is 3.63. The lowest BCUT2D eigenvalue weighted by Crippen LogP contribution is -2.14. The van der Waals surface area contributed by atoms with Gasteiger partial charge in [-0.15, -0.1) is 11.3 Å². The first-order chi connectivity index (χ1) is 14.0. The van der Waals surface area contributed by atoms with Gasteiger partial charge in [0.2, 0.25) is 0 Å². The molecule has 2 aromatic carbocycles. The van der Waals surface area contributed by atoms with E-state index in [9.17, 15) is 20.2 Å². The number of hydrogen-bond acceptors (Lipinski definition) is 6. The minimum absolute atomic E-state index is 0.000646. The van der Waals surface area contributed by atoms with Crippen molar-refractivity contribution in [1.82, 2.24) is 0 Å². The first kappa shape index (κ1) is 19.8. The summed E-state index contributed by atoms with van der Waals surface area (Å²) in [6, 6.07) is 18.6. The maximum absolute atomic E-state index is 12.5. The first-order valence-electron chi connectivity index (χ1n) is 8.43. The number of nitriles is 1. The summed E-state index contributed by atoms with van der Waals surface area (Å²) in [5, 5.41) is 23.3. The third-order valence-electron chi connectivity index (χ3n) is 4.00. The molecule has 144 valence electrons. The number of para-hydroxylation sites is 3. The summed E-state index contributed by atoms with van der Waals surface area (Å²) in [6.45, 7) is 0. The molecule has 0 fully saturated rings. The molecule has 3 rings (SSSR count). The van der Waals surface area contributed by atoms with Crippen molar-refractivity contribution in [2.75, 3.05) is 12.4 Å². The van der Waals surface area contributed by atoms with Crippen LogP contribution in [0.1, 0.15) is 4.88 Å². The summed E-state index contributed by atoms with van der Waals surface area (Å²) >= 11 is 1.26. The molecule has 0 aliphatic carbocycles. The fourth-order valence-electron chi connectivity index (χ4n) is 2.64. The lowest BCUT2D eigenvalue weighted by molar-refractivity contribution is -0.384. The van der Waals surface area contributed by atoms with Gasteiger partial charge in [-0.05, 0) is 36.4 Å². The number of ether oxygens (including phenoxy) is 1. The van der Waals surface area contributed by atoms with Crippen molar-refractivity contribution in [3.63, 3.8) is 0 Å². The largest absolute Gasteiger partial charge is 0.495 e. The van der Waals surface area contributed by atoms with Crippen LogP contribution in [0.3, 0.4) is 0 Å². The number of benzene rings is 2. The number of hydrogen-bond donors (Lipinski definition) is 1. The topological polar surface area (TPSA) is 105 Å². The quantitative estimate of drug-likeness (QED) is 0.272. The Morgan fingerprint density at radius 2 is 1.90 bits per heavy atom. The summed E-state index contributed by atoms with van der Waals surface area (Å²) in [6.07, 6.45) is 1.45. The van der Waals surface area contributed by atoms with Gasteiger partial charge in [0.15, 0.2) is 0 Å². The van der Waals surface area contributed by atoms with Gasteiger partial charge in [0.05, 0.1) is 23.3 Å². The molecule has 0 bridgehead atoms. The van der Waals surface area contributed by atoms with Gasteiger partial charge in [0.1, 0.15) is 17.4 Å². The average molecular weight is 405 g/mol. The minimum atomic E-state index is -0.572. The number of amides is 1. The Labute approximate surface area is 170 Å². The number of nitrogens with zero attached hydrogens (tertiary/aromatic N) is 2. The molecule has 0 spiro atoms. The molecule has 1 aromatic heterocycles. The van der Waals surface area contributed by atoms with E-state index in [1.165, 1.54) is 30.6 Å². The van der Waals surface area contributed by atoms with Crippen molar-refractivity contribution in [3.8, 4) is 22.3 Å². The molecule has 0 atom stereocenters. The molecular weight excluding hydrogens is 390 g/mol. The minimum Gasteiger partial charge on any atom is -0.495 e. The van der Waals surface area contributed by atoms with E-state index in [4.69, 9.17) is 4.74 Å². The third-order valence-corrected chi connectivity index (χ3v) is 5.07. The molecule has 0 saturated heterocycles. The van der Waals surface area contributed by atoms with Gasteiger partial charge < -0.3 is 10.1 Å². The van der Waals surface area contributed by atoms with E-state index in [1.807, 2.05) is 6.07 Å². The number of anilines is 1. The highest BCUT2D eigenvalue weighted by Crippen LogP contribution is 2.35. The Morgan fingerprint density at radius 3 is 2.62 bits per heavy atom. The number of nitro groups is 1. The molecule has 1 N–H and O–H groups in total. The molecule has 3 aromatic rings. The van der Waals surface area contributed by atoms with Gasteiger partial charge >= 0.3 is 0 Å². The van der Waals surface area contributed by atoms with Crippen molar-refractivity contribution < 1.29 is 14.5 Å². The van der Waals surface area contributed by atoms with Crippen LogP contribution in [-0.4, -0.2) is 17.9 Å². The molecule has 0 saturated carbocycles. The van der Waals surface area contributed by atoms with Gasteiger partial charge in [0, 0.05) is 15.8 Å². The van der Waals surface area contributed by atoms with Crippen LogP contribution >= 0.6 is 11.3 Å². The SMILES string of the molecule is COc1ccccc1NC(=O)/C(C#N)=C/c1ccc(-c2ccccc2[N+](=O)[O-])s1. The molecule has 29 heavy (non-hydrogen) atoms. The van der Waals surface area contributed by atoms with Crippen LogP contribution in [-0.2, 0) is 4.79 Å². The molecule has 0 unspecified atom stereocenters. The second kappa shape index (κ2) is 8.82. The van der Waals surface area contributed by atoms with Crippen LogP contribution in [0.25, 0.3) is 16.5 Å². The normalized spacial score (nSPS) is 10.8. The van der Waals surface area contributed by atoms with Crippen LogP contribution < -0.4 is 10.1 Å². The Kier molecular flexibility index (Phi) is 6.02. The van der Waals surface area contributed by atoms with E-state index >= 15 is 0 Å². The molecule has 0 aliphatic rings. The van der Waals surface area contributed by atoms with Gasteiger partial charge in [-0.1, -0.05) is 24.3 Å². The zero-order valence-electron chi connectivity index (χ0n) is 15.3. The zero-order chi connectivity index (χ0) is 20.8. The molecule has 0 radical (unpaired) electrons. The molecular formula is C21H15N3O4S. The molecule has 8 heteroatoms. The van der Waals surface area contributed by atoms with E-state index in [1.54, 1.807) is 54.6 Å². The van der Waals surface area contributed by atoms with Gasteiger partial charge in [0.25, 0.3) is 11.6 Å². The van der Waals surface area contributed by atoms with Crippen LogP contribution in [0.4, 0.5) is 11.4 Å². The molecule has 0 aliphatic heterocycles. The number of rotatable bonds is 6. The number of thiophene rings is 1. The molecule has 7 nitrogen and oxygen atoms in total. The summed E-state index contributed by atoms with van der Waals surface area (Å²) in [5.41, 5.74) is 0.846. The van der Waals surface area contributed by atoms with Gasteiger partial charge in [-0.3, -0.25) is 14.9 Å². The third kappa shape index (κ3) is 4.48. The predicted molar refractivity (Wildman–Crippen MR) is 112 cm³/mol. The van der Waals surface area contributed by atoms with Crippen LogP contribution in [0.15, 0.2) is 66.2 Å². The lowest BCUT2D eigenvalue weighted by atomic mass is 10.1. The smallest absolute Gasteiger partial charge is 0.278 e. The van der Waals surface area contributed by atoms with Crippen LogP contribution in [0, 0.1) is 21.4 Å². The summed E-state index contributed by atoms with van der Waals surface area (Å²) in [7, 11) is 1.49. The lowest BCUT2D eigenvalue weighted by Gasteiger charge is -2.08. The van der Waals surface area contributed by atoms with E-state index in [0.717, 1.165) is 0 Å². The highest BCUT2D eigenvalue weighted by molar-refractivity contribution is 7.16.